The van der Waals surface area contributed by atoms with Crippen LogP contribution in [-0.2, 0) is 20.1 Å². The van der Waals surface area contributed by atoms with Gasteiger partial charge in [0, 0.05) is 12.5 Å². The van der Waals surface area contributed by atoms with E-state index in [1.165, 1.54) is 6.92 Å². The molecule has 0 saturated heterocycles. The Hall–Kier alpha value is -3.66. The third kappa shape index (κ3) is 2.31. The van der Waals surface area contributed by atoms with E-state index in [1.54, 1.807) is 6.07 Å². The summed E-state index contributed by atoms with van der Waals surface area (Å²) in [6.45, 7) is 1.32. The van der Waals surface area contributed by atoms with Crippen molar-refractivity contribution in [2.24, 2.45) is 0 Å². The van der Waals surface area contributed by atoms with E-state index in [9.17, 15) is 9.59 Å². The zero-order valence-corrected chi connectivity index (χ0v) is 15.1. The van der Waals surface area contributed by atoms with Gasteiger partial charge in [-0.3, -0.25) is 4.79 Å². The van der Waals surface area contributed by atoms with Crippen molar-refractivity contribution in [3.63, 3.8) is 0 Å². The topological polar surface area (TPSA) is 52.6 Å². The molecule has 0 radical (unpaired) electrons. The smallest absolute Gasteiger partial charge is 0.342 e. The second-order valence-corrected chi connectivity index (χ2v) is 6.87. The molecule has 0 fully saturated rings. The molecule has 5 rings (SSSR count). The first-order valence-electron chi connectivity index (χ1n) is 9.03. The Morgan fingerprint density at radius 3 is 2.32 bits per heavy atom. The van der Waals surface area contributed by atoms with Crippen LogP contribution in [0.1, 0.15) is 28.4 Å². The molecule has 4 aromatic carbocycles. The van der Waals surface area contributed by atoms with Gasteiger partial charge in [0.15, 0.2) is 0 Å². The Morgan fingerprint density at radius 1 is 0.857 bits per heavy atom. The molecule has 1 heterocycles. The number of esters is 2. The monoisotopic (exact) mass is 368 g/mol. The lowest BCUT2D eigenvalue weighted by molar-refractivity contribution is -0.190. The number of fused-ring (bicyclic) bond motifs is 4. The Labute approximate surface area is 161 Å². The lowest BCUT2D eigenvalue weighted by Gasteiger charge is -2.29. The van der Waals surface area contributed by atoms with Gasteiger partial charge in [0.05, 0.1) is 11.1 Å². The molecule has 136 valence electrons. The molecule has 0 N–H and O–H groups in total. The van der Waals surface area contributed by atoms with Gasteiger partial charge in [-0.25, -0.2) is 4.79 Å². The Bertz CT molecular complexity index is 1270. The van der Waals surface area contributed by atoms with Crippen LogP contribution >= 0.6 is 0 Å². The highest BCUT2D eigenvalue weighted by atomic mass is 16.7. The molecule has 0 bridgehead atoms. The number of hydrogen-bond acceptors (Lipinski definition) is 4. The summed E-state index contributed by atoms with van der Waals surface area (Å²) < 4.78 is 11.5. The number of hydrogen-bond donors (Lipinski definition) is 0. The minimum Gasteiger partial charge on any atom is -0.414 e. The second-order valence-electron chi connectivity index (χ2n) is 6.87. The maximum atomic E-state index is 12.7. The van der Waals surface area contributed by atoms with Gasteiger partial charge in [-0.2, -0.15) is 0 Å². The number of cyclic esters (lactones) is 1. The summed E-state index contributed by atoms with van der Waals surface area (Å²) in [5, 5.41) is 3.78. The summed E-state index contributed by atoms with van der Waals surface area (Å²) in [6.07, 6.45) is 0. The second kappa shape index (κ2) is 5.92. The normalized spacial score (nSPS) is 18.1. The average Bonchev–Trinajstić information content (AvgIpc) is 3.00. The molecule has 0 saturated carbocycles. The van der Waals surface area contributed by atoms with E-state index < -0.39 is 17.7 Å². The molecule has 1 atom stereocenters. The summed E-state index contributed by atoms with van der Waals surface area (Å²) in [5.41, 5.74) is 1.58. The first-order chi connectivity index (χ1) is 13.6. The molecule has 0 aliphatic carbocycles. The van der Waals surface area contributed by atoms with E-state index in [-0.39, 0.29) is 0 Å². The van der Waals surface area contributed by atoms with Gasteiger partial charge in [0.1, 0.15) is 0 Å². The molecule has 0 amide bonds. The maximum absolute atomic E-state index is 12.7. The van der Waals surface area contributed by atoms with Crippen molar-refractivity contribution < 1.29 is 19.1 Å². The first kappa shape index (κ1) is 16.5. The van der Waals surface area contributed by atoms with Crippen LogP contribution in [0.15, 0.2) is 78.9 Å². The highest BCUT2D eigenvalue weighted by Crippen LogP contribution is 2.47. The van der Waals surface area contributed by atoms with Gasteiger partial charge in [-0.1, -0.05) is 66.7 Å². The van der Waals surface area contributed by atoms with Gasteiger partial charge in [0.2, 0.25) is 0 Å². The predicted octanol–water partition coefficient (Wildman–Crippen LogP) is 4.93. The van der Waals surface area contributed by atoms with E-state index in [0.29, 0.717) is 16.7 Å². The fraction of sp³-hybridized carbons (Fsp3) is 0.0833. The van der Waals surface area contributed by atoms with E-state index in [1.807, 2.05) is 72.8 Å². The SMILES string of the molecule is CC(=O)O[C@]1(c2ccc3ccccc3c2)OC(=O)c2ccc3ccccc3c21. The molecule has 0 unspecified atom stereocenters. The molecule has 0 aromatic heterocycles. The number of benzene rings is 4. The molecule has 28 heavy (non-hydrogen) atoms. The van der Waals surface area contributed by atoms with Crippen LogP contribution in [0.3, 0.4) is 0 Å². The molecule has 4 aromatic rings. The van der Waals surface area contributed by atoms with E-state index in [0.717, 1.165) is 21.5 Å². The summed E-state index contributed by atoms with van der Waals surface area (Å²) >= 11 is 0. The number of rotatable bonds is 2. The fourth-order valence-electron chi connectivity index (χ4n) is 3.96. The number of carbonyl (C=O) groups is 2. The van der Waals surface area contributed by atoms with Crippen LogP contribution in [0.4, 0.5) is 0 Å². The van der Waals surface area contributed by atoms with Crippen LogP contribution in [0.2, 0.25) is 0 Å². The highest BCUT2D eigenvalue weighted by Gasteiger charge is 2.51. The van der Waals surface area contributed by atoms with Crippen LogP contribution in [0, 0.1) is 0 Å². The van der Waals surface area contributed by atoms with E-state index >= 15 is 0 Å². The Kier molecular flexibility index (Phi) is 3.49. The van der Waals surface area contributed by atoms with Crippen molar-refractivity contribution in [3.05, 3.63) is 95.6 Å². The molecule has 0 spiro atoms. The van der Waals surface area contributed by atoms with Crippen LogP contribution < -0.4 is 0 Å². The molecule has 4 heteroatoms. The summed E-state index contributed by atoms with van der Waals surface area (Å²) in [4.78, 5) is 24.8. The van der Waals surface area contributed by atoms with Crippen molar-refractivity contribution >= 4 is 33.5 Å². The van der Waals surface area contributed by atoms with Crippen LogP contribution in [-0.4, -0.2) is 11.9 Å². The third-order valence-corrected chi connectivity index (χ3v) is 5.13. The zero-order chi connectivity index (χ0) is 19.3. The predicted molar refractivity (Wildman–Crippen MR) is 106 cm³/mol. The molecular formula is C24H16O4. The van der Waals surface area contributed by atoms with Crippen molar-refractivity contribution in [2.45, 2.75) is 12.7 Å². The van der Waals surface area contributed by atoms with Crippen molar-refractivity contribution in [1.29, 1.82) is 0 Å². The van der Waals surface area contributed by atoms with Crippen LogP contribution in [0.5, 0.6) is 0 Å². The zero-order valence-electron chi connectivity index (χ0n) is 15.1. The minimum absolute atomic E-state index is 0.410. The third-order valence-electron chi connectivity index (χ3n) is 5.13. The average molecular weight is 368 g/mol. The highest BCUT2D eigenvalue weighted by molar-refractivity contribution is 6.03. The van der Waals surface area contributed by atoms with Crippen molar-refractivity contribution in [2.75, 3.05) is 0 Å². The number of ether oxygens (including phenoxy) is 2. The standard InChI is InChI=1S/C24H16O4/c1-15(25)27-24(19-12-10-16-6-2-3-8-18(16)14-19)22-20-9-5-4-7-17(20)11-13-21(22)23(26)28-24/h2-14H,1H3/t24-/m1/s1. The molecule has 4 nitrogen and oxygen atoms in total. The quantitative estimate of drug-likeness (QED) is 0.471. The summed E-state index contributed by atoms with van der Waals surface area (Å²) in [6, 6.07) is 24.9. The lowest BCUT2D eigenvalue weighted by Crippen LogP contribution is -2.33. The van der Waals surface area contributed by atoms with Crippen LogP contribution in [0.25, 0.3) is 21.5 Å². The number of carbonyl (C=O) groups excluding carboxylic acids is 2. The molecule has 1 aliphatic rings. The van der Waals surface area contributed by atoms with Gasteiger partial charge in [-0.05, 0) is 33.7 Å². The summed E-state index contributed by atoms with van der Waals surface area (Å²) in [7, 11) is 0. The van der Waals surface area contributed by atoms with Gasteiger partial charge in [-0.15, -0.1) is 0 Å². The minimum atomic E-state index is -1.61. The van der Waals surface area contributed by atoms with Crippen molar-refractivity contribution in [3.8, 4) is 0 Å². The Morgan fingerprint density at radius 2 is 1.54 bits per heavy atom. The van der Waals surface area contributed by atoms with E-state index in [2.05, 4.69) is 0 Å². The van der Waals surface area contributed by atoms with Gasteiger partial charge in [0.25, 0.3) is 0 Å². The Balaban J connectivity index is 1.86. The first-order valence-corrected chi connectivity index (χ1v) is 9.03. The maximum Gasteiger partial charge on any atom is 0.342 e. The fourth-order valence-corrected chi connectivity index (χ4v) is 3.96. The lowest BCUT2D eigenvalue weighted by atomic mass is 9.89. The molecule has 1 aliphatic heterocycles. The van der Waals surface area contributed by atoms with Gasteiger partial charge >= 0.3 is 17.7 Å². The largest absolute Gasteiger partial charge is 0.414 e. The summed E-state index contributed by atoms with van der Waals surface area (Å²) in [5.74, 6) is -2.64. The van der Waals surface area contributed by atoms with E-state index in [4.69, 9.17) is 9.47 Å². The molecular weight excluding hydrogens is 352 g/mol. The van der Waals surface area contributed by atoms with Gasteiger partial charge < -0.3 is 9.47 Å². The van der Waals surface area contributed by atoms with Crippen molar-refractivity contribution in [1.82, 2.24) is 0 Å².